The van der Waals surface area contributed by atoms with Crippen LogP contribution in [-0.4, -0.2) is 50.2 Å². The summed E-state index contributed by atoms with van der Waals surface area (Å²) in [6, 6.07) is 1.94. The molecule has 0 spiro atoms. The molecule has 2 aromatic heterocycles. The molecule has 0 radical (unpaired) electrons. The minimum absolute atomic E-state index is 0.135. The summed E-state index contributed by atoms with van der Waals surface area (Å²) in [4.78, 5) is 26.6. The molecule has 0 aromatic carbocycles. The normalized spacial score (nSPS) is 16.0. The summed E-state index contributed by atoms with van der Waals surface area (Å²) < 4.78 is 0. The molecule has 110 valence electrons. The molecule has 8 nitrogen and oxygen atoms in total. The number of nitrogens with zero attached hydrogens (tertiary/aromatic N) is 5. The van der Waals surface area contributed by atoms with Crippen molar-refractivity contribution >= 4 is 11.9 Å². The van der Waals surface area contributed by atoms with Gasteiger partial charge in [-0.05, 0) is 25.8 Å². The molecule has 1 aliphatic rings. The number of piperidine rings is 1. The fraction of sp³-hybridized carbons (Fsp3) is 0.462. The fourth-order valence-corrected chi connectivity index (χ4v) is 2.37. The molecule has 3 rings (SSSR count). The lowest BCUT2D eigenvalue weighted by Crippen LogP contribution is -2.45. The number of hydrogen-bond acceptors (Lipinski definition) is 6. The van der Waals surface area contributed by atoms with Crippen LogP contribution < -0.4 is 10.2 Å². The van der Waals surface area contributed by atoms with Gasteiger partial charge in [-0.15, -0.1) is 5.10 Å². The van der Waals surface area contributed by atoms with Crippen molar-refractivity contribution in [1.82, 2.24) is 30.5 Å². The Balaban J connectivity index is 1.53. The predicted molar refractivity (Wildman–Crippen MR) is 75.9 cm³/mol. The van der Waals surface area contributed by atoms with Crippen molar-refractivity contribution in [3.8, 4) is 0 Å². The SMILES string of the molecule is Cc1nc(C(=O)NC2CCN(c3ncccn3)CC2)n[nH]1. The highest BCUT2D eigenvalue weighted by Crippen LogP contribution is 2.15. The Morgan fingerprint density at radius 1 is 1.33 bits per heavy atom. The second kappa shape index (κ2) is 5.86. The molecule has 1 amide bonds. The molecule has 0 atom stereocenters. The number of aromatic nitrogens is 5. The van der Waals surface area contributed by atoms with Gasteiger partial charge < -0.3 is 10.2 Å². The van der Waals surface area contributed by atoms with Gasteiger partial charge in [0.1, 0.15) is 5.82 Å². The lowest BCUT2D eigenvalue weighted by atomic mass is 10.1. The lowest BCUT2D eigenvalue weighted by molar-refractivity contribution is 0.0921. The Kier molecular flexibility index (Phi) is 3.76. The van der Waals surface area contributed by atoms with Crippen LogP contribution in [0.15, 0.2) is 18.5 Å². The number of nitrogens with one attached hydrogen (secondary N) is 2. The smallest absolute Gasteiger partial charge is 0.291 e. The number of aromatic amines is 1. The fourth-order valence-electron chi connectivity index (χ4n) is 2.37. The van der Waals surface area contributed by atoms with Crippen LogP contribution >= 0.6 is 0 Å². The van der Waals surface area contributed by atoms with Gasteiger partial charge in [-0.3, -0.25) is 9.89 Å². The molecule has 21 heavy (non-hydrogen) atoms. The first kappa shape index (κ1) is 13.5. The first-order chi connectivity index (χ1) is 10.2. The van der Waals surface area contributed by atoms with Crippen molar-refractivity contribution < 1.29 is 4.79 Å². The average molecular weight is 287 g/mol. The van der Waals surface area contributed by atoms with Gasteiger partial charge in [0.05, 0.1) is 0 Å². The van der Waals surface area contributed by atoms with Crippen molar-refractivity contribution in [3.05, 3.63) is 30.1 Å². The van der Waals surface area contributed by atoms with Gasteiger partial charge in [-0.2, -0.15) is 0 Å². The van der Waals surface area contributed by atoms with E-state index in [1.165, 1.54) is 0 Å². The molecular formula is C13H17N7O. The van der Waals surface area contributed by atoms with E-state index in [0.717, 1.165) is 31.9 Å². The van der Waals surface area contributed by atoms with Gasteiger partial charge in [0.25, 0.3) is 5.91 Å². The number of amides is 1. The first-order valence-corrected chi connectivity index (χ1v) is 6.94. The third-order valence-electron chi connectivity index (χ3n) is 3.47. The van der Waals surface area contributed by atoms with Gasteiger partial charge in [0.15, 0.2) is 0 Å². The average Bonchev–Trinajstić information content (AvgIpc) is 2.96. The summed E-state index contributed by atoms with van der Waals surface area (Å²) in [7, 11) is 0. The first-order valence-electron chi connectivity index (χ1n) is 6.94. The molecule has 3 heterocycles. The molecule has 1 saturated heterocycles. The maximum absolute atomic E-state index is 12.0. The van der Waals surface area contributed by atoms with E-state index >= 15 is 0 Å². The topological polar surface area (TPSA) is 99.7 Å². The van der Waals surface area contributed by atoms with Crippen LogP contribution in [-0.2, 0) is 0 Å². The van der Waals surface area contributed by atoms with E-state index in [4.69, 9.17) is 0 Å². The molecule has 0 bridgehead atoms. The Hall–Kier alpha value is -2.51. The van der Waals surface area contributed by atoms with Crippen LogP contribution in [0.2, 0.25) is 0 Å². The molecule has 1 aliphatic heterocycles. The third kappa shape index (κ3) is 3.15. The van der Waals surface area contributed by atoms with Crippen molar-refractivity contribution in [1.29, 1.82) is 0 Å². The van der Waals surface area contributed by atoms with E-state index in [1.54, 1.807) is 25.4 Å². The molecule has 0 saturated carbocycles. The van der Waals surface area contributed by atoms with Gasteiger partial charge in [-0.25, -0.2) is 15.0 Å². The van der Waals surface area contributed by atoms with Gasteiger partial charge in [-0.1, -0.05) is 0 Å². The highest BCUT2D eigenvalue weighted by Gasteiger charge is 2.23. The van der Waals surface area contributed by atoms with Crippen molar-refractivity contribution in [2.45, 2.75) is 25.8 Å². The maximum atomic E-state index is 12.0. The van der Waals surface area contributed by atoms with E-state index < -0.39 is 0 Å². The molecule has 2 aromatic rings. The second-order valence-corrected chi connectivity index (χ2v) is 5.03. The van der Waals surface area contributed by atoms with E-state index in [-0.39, 0.29) is 17.8 Å². The highest BCUT2D eigenvalue weighted by molar-refractivity contribution is 5.90. The number of carbonyl (C=O) groups is 1. The van der Waals surface area contributed by atoms with Crippen LogP contribution in [0.1, 0.15) is 29.3 Å². The zero-order valence-corrected chi connectivity index (χ0v) is 11.8. The number of hydrogen-bond donors (Lipinski definition) is 2. The largest absolute Gasteiger partial charge is 0.346 e. The Bertz CT molecular complexity index is 604. The third-order valence-corrected chi connectivity index (χ3v) is 3.47. The molecular weight excluding hydrogens is 270 g/mol. The van der Waals surface area contributed by atoms with Crippen LogP contribution in [0.3, 0.4) is 0 Å². The molecule has 0 unspecified atom stereocenters. The Morgan fingerprint density at radius 3 is 2.67 bits per heavy atom. The zero-order chi connectivity index (χ0) is 14.7. The summed E-state index contributed by atoms with van der Waals surface area (Å²) in [5, 5.41) is 9.50. The number of carbonyl (C=O) groups excluding carboxylic acids is 1. The number of H-pyrrole nitrogens is 1. The quantitative estimate of drug-likeness (QED) is 0.842. The Labute approximate surface area is 122 Å². The minimum Gasteiger partial charge on any atom is -0.346 e. The van der Waals surface area contributed by atoms with E-state index in [1.807, 2.05) is 0 Å². The minimum atomic E-state index is -0.228. The highest BCUT2D eigenvalue weighted by atomic mass is 16.2. The van der Waals surface area contributed by atoms with E-state index in [0.29, 0.717) is 5.82 Å². The van der Waals surface area contributed by atoms with E-state index in [9.17, 15) is 4.79 Å². The summed E-state index contributed by atoms with van der Waals surface area (Å²) >= 11 is 0. The van der Waals surface area contributed by atoms with Gasteiger partial charge in [0.2, 0.25) is 11.8 Å². The standard InChI is InChI=1S/C13H17N7O/c1-9-16-11(19-18-9)12(21)17-10-3-7-20(8-4-10)13-14-5-2-6-15-13/h2,5-6,10H,3-4,7-8H2,1H3,(H,17,21)(H,16,18,19). The summed E-state index contributed by atoms with van der Waals surface area (Å²) in [6.07, 6.45) is 5.18. The zero-order valence-electron chi connectivity index (χ0n) is 11.8. The van der Waals surface area contributed by atoms with Crippen molar-refractivity contribution in [3.63, 3.8) is 0 Å². The van der Waals surface area contributed by atoms with Crippen molar-refractivity contribution in [2.24, 2.45) is 0 Å². The summed E-state index contributed by atoms with van der Waals surface area (Å²) in [6.45, 7) is 3.41. The van der Waals surface area contributed by atoms with Crippen LogP contribution in [0.4, 0.5) is 5.95 Å². The molecule has 0 aliphatic carbocycles. The maximum Gasteiger partial charge on any atom is 0.291 e. The number of anilines is 1. The molecule has 2 N–H and O–H groups in total. The molecule has 1 fully saturated rings. The monoisotopic (exact) mass is 287 g/mol. The number of rotatable bonds is 3. The number of aryl methyl sites for hydroxylation is 1. The predicted octanol–water partition coefficient (Wildman–Crippen LogP) is 0.302. The van der Waals surface area contributed by atoms with Crippen LogP contribution in [0.5, 0.6) is 0 Å². The van der Waals surface area contributed by atoms with Gasteiger partial charge >= 0.3 is 0 Å². The van der Waals surface area contributed by atoms with Crippen LogP contribution in [0.25, 0.3) is 0 Å². The summed E-state index contributed by atoms with van der Waals surface area (Å²) in [5.74, 6) is 1.35. The van der Waals surface area contributed by atoms with Crippen molar-refractivity contribution in [2.75, 3.05) is 18.0 Å². The van der Waals surface area contributed by atoms with Gasteiger partial charge in [0, 0.05) is 31.5 Å². The summed E-state index contributed by atoms with van der Waals surface area (Å²) in [5.41, 5.74) is 0. The van der Waals surface area contributed by atoms with Crippen LogP contribution in [0, 0.1) is 6.92 Å². The second-order valence-electron chi connectivity index (χ2n) is 5.03. The lowest BCUT2D eigenvalue weighted by Gasteiger charge is -2.32. The Morgan fingerprint density at radius 2 is 2.05 bits per heavy atom. The molecule has 8 heteroatoms. The van der Waals surface area contributed by atoms with E-state index in [2.05, 4.69) is 35.4 Å².